The van der Waals surface area contributed by atoms with E-state index in [0.29, 0.717) is 12.7 Å². The average Bonchev–Trinajstić information content (AvgIpc) is 2.45. The second-order valence-electron chi connectivity index (χ2n) is 3.67. The second kappa shape index (κ2) is 7.33. The number of ether oxygens (including phenoxy) is 1. The summed E-state index contributed by atoms with van der Waals surface area (Å²) >= 11 is 0. The van der Waals surface area contributed by atoms with Crippen molar-refractivity contribution >= 4 is 14.9 Å². The van der Waals surface area contributed by atoms with E-state index < -0.39 is 8.80 Å². The standard InChI is InChI=1S/C13H20O4Si/c1-5-12-6-8-13(9-7-12)17-10-11-18(14-2,15-3)16-4/h5-9H,1,10-11H2,2-4H3. The van der Waals surface area contributed by atoms with Crippen molar-refractivity contribution in [2.45, 2.75) is 6.04 Å². The van der Waals surface area contributed by atoms with Gasteiger partial charge in [-0.25, -0.2) is 0 Å². The molecule has 0 spiro atoms. The molecule has 0 aliphatic heterocycles. The van der Waals surface area contributed by atoms with Gasteiger partial charge in [0.2, 0.25) is 0 Å². The van der Waals surface area contributed by atoms with E-state index in [1.165, 1.54) is 0 Å². The highest BCUT2D eigenvalue weighted by molar-refractivity contribution is 6.60. The predicted molar refractivity (Wildman–Crippen MR) is 73.6 cm³/mol. The van der Waals surface area contributed by atoms with Crippen molar-refractivity contribution in [3.8, 4) is 5.75 Å². The second-order valence-corrected chi connectivity index (χ2v) is 6.76. The van der Waals surface area contributed by atoms with E-state index in [2.05, 4.69) is 6.58 Å². The van der Waals surface area contributed by atoms with Gasteiger partial charge >= 0.3 is 8.80 Å². The molecule has 0 aliphatic carbocycles. The molecule has 0 bridgehead atoms. The SMILES string of the molecule is C=Cc1ccc(OCC[Si](OC)(OC)OC)cc1. The van der Waals surface area contributed by atoms with Crippen molar-refractivity contribution in [1.29, 1.82) is 0 Å². The molecule has 0 aromatic heterocycles. The highest BCUT2D eigenvalue weighted by atomic mass is 28.4. The Hall–Kier alpha value is -1.14. The maximum atomic E-state index is 5.63. The number of hydrogen-bond acceptors (Lipinski definition) is 4. The van der Waals surface area contributed by atoms with Gasteiger partial charge in [-0.05, 0) is 17.7 Å². The van der Waals surface area contributed by atoms with E-state index in [4.69, 9.17) is 18.0 Å². The first kappa shape index (κ1) is 14.9. The molecular weight excluding hydrogens is 248 g/mol. The summed E-state index contributed by atoms with van der Waals surface area (Å²) in [5.41, 5.74) is 1.07. The minimum absolute atomic E-state index is 0.495. The fourth-order valence-electron chi connectivity index (χ4n) is 1.55. The molecule has 0 aliphatic rings. The van der Waals surface area contributed by atoms with Crippen molar-refractivity contribution in [3.05, 3.63) is 36.4 Å². The summed E-state index contributed by atoms with van der Waals surface area (Å²) in [6.07, 6.45) is 1.79. The van der Waals surface area contributed by atoms with E-state index in [9.17, 15) is 0 Å². The minimum Gasteiger partial charge on any atom is -0.494 e. The zero-order valence-electron chi connectivity index (χ0n) is 11.1. The fourth-order valence-corrected chi connectivity index (χ4v) is 3.01. The van der Waals surface area contributed by atoms with Gasteiger partial charge in [-0.1, -0.05) is 24.8 Å². The van der Waals surface area contributed by atoms with Gasteiger partial charge in [-0.2, -0.15) is 0 Å². The van der Waals surface area contributed by atoms with Gasteiger partial charge in [0, 0.05) is 21.3 Å². The lowest BCUT2D eigenvalue weighted by Gasteiger charge is -2.24. The number of rotatable bonds is 8. The Bertz CT molecular complexity index is 351. The lowest BCUT2D eigenvalue weighted by atomic mass is 10.2. The lowest BCUT2D eigenvalue weighted by molar-refractivity contribution is 0.117. The molecule has 18 heavy (non-hydrogen) atoms. The lowest BCUT2D eigenvalue weighted by Crippen LogP contribution is -2.43. The van der Waals surface area contributed by atoms with Gasteiger partial charge in [-0.3, -0.25) is 0 Å². The first-order valence-electron chi connectivity index (χ1n) is 5.70. The zero-order chi connectivity index (χ0) is 13.4. The summed E-state index contributed by atoms with van der Waals surface area (Å²) in [4.78, 5) is 0. The largest absolute Gasteiger partial charge is 0.503 e. The summed E-state index contributed by atoms with van der Waals surface area (Å²) in [7, 11) is 2.26. The molecular formula is C13H20O4Si. The van der Waals surface area contributed by atoms with Crippen LogP contribution in [0.4, 0.5) is 0 Å². The smallest absolute Gasteiger partial charge is 0.494 e. The topological polar surface area (TPSA) is 36.9 Å². The van der Waals surface area contributed by atoms with Crippen molar-refractivity contribution in [2.75, 3.05) is 27.9 Å². The van der Waals surface area contributed by atoms with E-state index in [0.717, 1.165) is 11.3 Å². The van der Waals surface area contributed by atoms with Crippen molar-refractivity contribution in [3.63, 3.8) is 0 Å². The molecule has 100 valence electrons. The Morgan fingerprint density at radius 1 is 1.06 bits per heavy atom. The van der Waals surface area contributed by atoms with Crippen LogP contribution in [-0.2, 0) is 13.3 Å². The van der Waals surface area contributed by atoms with E-state index >= 15 is 0 Å². The Morgan fingerprint density at radius 3 is 2.06 bits per heavy atom. The van der Waals surface area contributed by atoms with Crippen molar-refractivity contribution < 1.29 is 18.0 Å². The molecule has 0 N–H and O–H groups in total. The van der Waals surface area contributed by atoms with Gasteiger partial charge in [0.1, 0.15) is 5.75 Å². The highest BCUT2D eigenvalue weighted by Gasteiger charge is 2.37. The first-order valence-corrected chi connectivity index (χ1v) is 7.63. The summed E-state index contributed by atoms with van der Waals surface area (Å²) in [6.45, 7) is 4.20. The Labute approximate surface area is 110 Å². The zero-order valence-corrected chi connectivity index (χ0v) is 12.1. The molecule has 0 unspecified atom stereocenters. The summed E-state index contributed by atoms with van der Waals surface area (Å²) in [6, 6.07) is 8.34. The summed E-state index contributed by atoms with van der Waals surface area (Å²) in [5.74, 6) is 0.812. The molecule has 0 saturated carbocycles. The molecule has 0 atom stereocenters. The first-order chi connectivity index (χ1) is 8.69. The van der Waals surface area contributed by atoms with Crippen molar-refractivity contribution in [2.24, 2.45) is 0 Å². The number of benzene rings is 1. The monoisotopic (exact) mass is 268 g/mol. The van der Waals surface area contributed by atoms with Crippen LogP contribution < -0.4 is 4.74 Å². The van der Waals surface area contributed by atoms with Crippen LogP contribution in [0.15, 0.2) is 30.8 Å². The molecule has 0 amide bonds. The van der Waals surface area contributed by atoms with Crippen LogP contribution in [0.3, 0.4) is 0 Å². The third-order valence-corrected chi connectivity index (χ3v) is 5.41. The van der Waals surface area contributed by atoms with Crippen LogP contribution >= 0.6 is 0 Å². The average molecular weight is 268 g/mol. The van der Waals surface area contributed by atoms with Gasteiger partial charge in [0.25, 0.3) is 0 Å². The third kappa shape index (κ3) is 3.96. The molecule has 0 radical (unpaired) electrons. The van der Waals surface area contributed by atoms with Crippen LogP contribution in [0, 0.1) is 0 Å². The third-order valence-electron chi connectivity index (χ3n) is 2.73. The predicted octanol–water partition coefficient (Wildman–Crippen LogP) is 2.59. The quantitative estimate of drug-likeness (QED) is 0.679. The summed E-state index contributed by atoms with van der Waals surface area (Å²) < 4.78 is 21.6. The van der Waals surface area contributed by atoms with Crippen LogP contribution in [0.25, 0.3) is 6.08 Å². The molecule has 5 heteroatoms. The fraction of sp³-hybridized carbons (Fsp3) is 0.385. The maximum absolute atomic E-state index is 5.63. The van der Waals surface area contributed by atoms with Gasteiger partial charge < -0.3 is 18.0 Å². The van der Waals surface area contributed by atoms with Crippen molar-refractivity contribution in [1.82, 2.24) is 0 Å². The maximum Gasteiger partial charge on any atom is 0.503 e. The molecule has 1 aromatic rings. The highest BCUT2D eigenvalue weighted by Crippen LogP contribution is 2.16. The Morgan fingerprint density at radius 2 is 1.61 bits per heavy atom. The van der Waals surface area contributed by atoms with Crippen LogP contribution in [0.2, 0.25) is 6.04 Å². The molecule has 0 fully saturated rings. The molecule has 1 aromatic carbocycles. The van der Waals surface area contributed by atoms with E-state index in [1.807, 2.05) is 24.3 Å². The van der Waals surface area contributed by atoms with Crippen LogP contribution in [0.5, 0.6) is 5.75 Å². The van der Waals surface area contributed by atoms with Gasteiger partial charge in [0.05, 0.1) is 12.7 Å². The number of hydrogen-bond donors (Lipinski definition) is 0. The van der Waals surface area contributed by atoms with E-state index in [1.54, 1.807) is 27.4 Å². The van der Waals surface area contributed by atoms with Crippen LogP contribution in [-0.4, -0.2) is 36.7 Å². The van der Waals surface area contributed by atoms with Gasteiger partial charge in [0.15, 0.2) is 0 Å². The van der Waals surface area contributed by atoms with Crippen LogP contribution in [0.1, 0.15) is 5.56 Å². The Kier molecular flexibility index (Phi) is 6.07. The Balaban J connectivity index is 2.47. The summed E-state index contributed by atoms with van der Waals surface area (Å²) in [5, 5.41) is 0. The normalized spacial score (nSPS) is 11.3. The molecule has 0 heterocycles. The minimum atomic E-state index is -2.53. The van der Waals surface area contributed by atoms with Gasteiger partial charge in [-0.15, -0.1) is 0 Å². The molecule has 1 rings (SSSR count). The molecule has 4 nitrogen and oxygen atoms in total. The molecule has 0 saturated heterocycles. The van der Waals surface area contributed by atoms with E-state index in [-0.39, 0.29) is 0 Å².